The summed E-state index contributed by atoms with van der Waals surface area (Å²) in [5.74, 6) is 0. The van der Waals surface area contributed by atoms with E-state index in [1.165, 1.54) is 0 Å². The minimum Gasteiger partial charge on any atom is -0.465 e. The number of halogens is 1. The maximum Gasteiger partial charge on any atom is 0.407 e. The van der Waals surface area contributed by atoms with Crippen molar-refractivity contribution in [3.8, 4) is 0 Å². The fourth-order valence-electron chi connectivity index (χ4n) is 3.15. The predicted octanol–water partition coefficient (Wildman–Crippen LogP) is 3.12. The van der Waals surface area contributed by atoms with E-state index in [9.17, 15) is 19.1 Å². The van der Waals surface area contributed by atoms with Crippen molar-refractivity contribution >= 4 is 12.2 Å². The normalized spacial score (nSPS) is 14.1. The van der Waals surface area contributed by atoms with Gasteiger partial charge < -0.3 is 25.6 Å². The molecule has 0 bridgehead atoms. The van der Waals surface area contributed by atoms with Crippen LogP contribution in [0.5, 0.6) is 0 Å². The van der Waals surface area contributed by atoms with Crippen molar-refractivity contribution in [3.05, 3.63) is 35.9 Å². The number of amides is 2. The number of carboxylic acid groups (broad SMARTS) is 1. The minimum atomic E-state index is -1.27. The second-order valence-corrected chi connectivity index (χ2v) is 8.32. The van der Waals surface area contributed by atoms with Gasteiger partial charge in [-0.2, -0.15) is 0 Å². The van der Waals surface area contributed by atoms with Gasteiger partial charge in [0.2, 0.25) is 0 Å². The molecule has 158 valence electrons. The molecule has 1 rings (SSSR count). The highest BCUT2D eigenvalue weighted by Gasteiger charge is 2.33. The van der Waals surface area contributed by atoms with Gasteiger partial charge in [0, 0.05) is 6.54 Å². The number of hydrogen-bond acceptors (Lipinski definition) is 4. The van der Waals surface area contributed by atoms with Crippen LogP contribution in [0.4, 0.5) is 14.0 Å². The molecule has 0 aliphatic heterocycles. The van der Waals surface area contributed by atoms with E-state index in [0.717, 1.165) is 5.56 Å². The summed E-state index contributed by atoms with van der Waals surface area (Å²) in [6, 6.07) is 8.41. The second kappa shape index (κ2) is 10.3. The van der Waals surface area contributed by atoms with Gasteiger partial charge >= 0.3 is 12.2 Å². The molecule has 0 spiro atoms. The van der Waals surface area contributed by atoms with Gasteiger partial charge in [0.05, 0.1) is 18.8 Å². The molecule has 0 heterocycles. The largest absolute Gasteiger partial charge is 0.465 e. The van der Waals surface area contributed by atoms with Crippen molar-refractivity contribution in [2.45, 2.75) is 58.3 Å². The third kappa shape index (κ3) is 9.03. The van der Waals surface area contributed by atoms with Crippen molar-refractivity contribution in [1.82, 2.24) is 10.6 Å². The highest BCUT2D eigenvalue weighted by Crippen LogP contribution is 2.30. The van der Waals surface area contributed by atoms with E-state index in [4.69, 9.17) is 9.84 Å². The number of rotatable bonds is 10. The van der Waals surface area contributed by atoms with E-state index in [1.807, 2.05) is 30.3 Å². The lowest BCUT2D eigenvalue weighted by Gasteiger charge is -2.33. The van der Waals surface area contributed by atoms with Crippen LogP contribution in [0.15, 0.2) is 30.3 Å². The van der Waals surface area contributed by atoms with Gasteiger partial charge in [-0.25, -0.2) is 9.59 Å². The van der Waals surface area contributed by atoms with Crippen LogP contribution in [0.2, 0.25) is 0 Å². The number of nitrogens with one attached hydrogen (secondary N) is 2. The Labute approximate surface area is 165 Å². The molecule has 0 saturated carbocycles. The molecule has 1 aromatic rings. The molecule has 0 saturated heterocycles. The summed E-state index contributed by atoms with van der Waals surface area (Å²) >= 11 is 0. The second-order valence-electron chi connectivity index (χ2n) is 8.32. The van der Waals surface area contributed by atoms with Crippen LogP contribution in [0.3, 0.4) is 0 Å². The average Bonchev–Trinajstić information content (AvgIpc) is 2.58. The summed E-state index contributed by atoms with van der Waals surface area (Å²) in [7, 11) is 0. The van der Waals surface area contributed by atoms with Gasteiger partial charge in [0.25, 0.3) is 0 Å². The molecule has 2 unspecified atom stereocenters. The molecule has 0 fully saturated rings. The molecular weight excluding hydrogens is 367 g/mol. The Kier molecular flexibility index (Phi) is 8.68. The molecule has 0 aliphatic carbocycles. The molecule has 0 radical (unpaired) electrons. The van der Waals surface area contributed by atoms with Crippen LogP contribution in [-0.4, -0.2) is 53.4 Å². The van der Waals surface area contributed by atoms with E-state index in [0.29, 0.717) is 6.42 Å². The Morgan fingerprint density at radius 3 is 2.32 bits per heavy atom. The zero-order valence-electron chi connectivity index (χ0n) is 16.9. The molecule has 0 aromatic heterocycles. The highest BCUT2D eigenvalue weighted by atomic mass is 19.1. The topological polar surface area (TPSA) is 108 Å². The standard InChI is InChI=1S/C20H31FN2O5/c1-19(2,13-21)12-20(3,4)28-18(27)23-15(16(24)11-22-17(25)26)10-14-8-6-5-7-9-14/h5-9,15-16,22,24H,10-13H2,1-4H3,(H,23,27)(H,25,26). The Hall–Kier alpha value is -2.35. The van der Waals surface area contributed by atoms with Crippen LogP contribution in [0.25, 0.3) is 0 Å². The van der Waals surface area contributed by atoms with Crippen LogP contribution in [0, 0.1) is 5.41 Å². The summed E-state index contributed by atoms with van der Waals surface area (Å²) in [6.07, 6.45) is -2.58. The molecule has 4 N–H and O–H groups in total. The van der Waals surface area contributed by atoms with Crippen LogP contribution in [-0.2, 0) is 11.2 Å². The van der Waals surface area contributed by atoms with E-state index in [2.05, 4.69) is 10.6 Å². The molecule has 7 nitrogen and oxygen atoms in total. The summed E-state index contributed by atoms with van der Waals surface area (Å²) in [5.41, 5.74) is -0.695. The third-order valence-electron chi connectivity index (χ3n) is 4.16. The first-order valence-electron chi connectivity index (χ1n) is 9.18. The number of benzene rings is 1. The predicted molar refractivity (Wildman–Crippen MR) is 104 cm³/mol. The maximum atomic E-state index is 13.1. The van der Waals surface area contributed by atoms with Gasteiger partial charge in [-0.3, -0.25) is 4.39 Å². The monoisotopic (exact) mass is 398 g/mol. The van der Waals surface area contributed by atoms with Crippen molar-refractivity contribution < 1.29 is 28.9 Å². The first-order chi connectivity index (χ1) is 12.9. The molecule has 0 aliphatic rings. The number of carbonyl (C=O) groups excluding carboxylic acids is 1. The zero-order valence-corrected chi connectivity index (χ0v) is 16.9. The number of ether oxygens (including phenoxy) is 1. The Morgan fingerprint density at radius 1 is 1.18 bits per heavy atom. The molecule has 28 heavy (non-hydrogen) atoms. The van der Waals surface area contributed by atoms with Gasteiger partial charge in [-0.05, 0) is 37.7 Å². The smallest absolute Gasteiger partial charge is 0.407 e. The molecular formula is C20H31FN2O5. The highest BCUT2D eigenvalue weighted by molar-refractivity contribution is 5.68. The Morgan fingerprint density at radius 2 is 1.79 bits per heavy atom. The SMILES string of the molecule is CC(C)(CF)CC(C)(C)OC(=O)NC(Cc1ccccc1)C(O)CNC(=O)O. The lowest BCUT2D eigenvalue weighted by atomic mass is 9.83. The van der Waals surface area contributed by atoms with Crippen molar-refractivity contribution in [2.75, 3.05) is 13.2 Å². The van der Waals surface area contributed by atoms with Gasteiger partial charge in [-0.15, -0.1) is 0 Å². The van der Waals surface area contributed by atoms with E-state index in [1.54, 1.807) is 27.7 Å². The third-order valence-corrected chi connectivity index (χ3v) is 4.16. The molecule has 2 atom stereocenters. The fourth-order valence-corrected chi connectivity index (χ4v) is 3.15. The first-order valence-corrected chi connectivity index (χ1v) is 9.18. The molecule has 2 amide bonds. The number of alkyl carbamates (subject to hydrolysis) is 1. The van der Waals surface area contributed by atoms with E-state index >= 15 is 0 Å². The number of aliphatic hydroxyl groups excluding tert-OH is 1. The molecule has 8 heteroatoms. The summed E-state index contributed by atoms with van der Waals surface area (Å²) < 4.78 is 18.6. The van der Waals surface area contributed by atoms with Crippen molar-refractivity contribution in [2.24, 2.45) is 5.41 Å². The van der Waals surface area contributed by atoms with Crippen LogP contribution >= 0.6 is 0 Å². The van der Waals surface area contributed by atoms with Crippen LogP contribution < -0.4 is 10.6 Å². The number of carbonyl (C=O) groups is 2. The zero-order chi connectivity index (χ0) is 21.4. The van der Waals surface area contributed by atoms with Gasteiger partial charge in [0.15, 0.2) is 0 Å². The number of aliphatic hydroxyl groups is 1. The van der Waals surface area contributed by atoms with Crippen LogP contribution in [0.1, 0.15) is 39.7 Å². The van der Waals surface area contributed by atoms with Gasteiger partial charge in [-0.1, -0.05) is 44.2 Å². The minimum absolute atomic E-state index is 0.245. The fraction of sp³-hybridized carbons (Fsp3) is 0.600. The van der Waals surface area contributed by atoms with Crippen molar-refractivity contribution in [3.63, 3.8) is 0 Å². The molecule has 1 aromatic carbocycles. The van der Waals surface area contributed by atoms with Gasteiger partial charge in [0.1, 0.15) is 5.60 Å². The lowest BCUT2D eigenvalue weighted by molar-refractivity contribution is -0.00301. The quantitative estimate of drug-likeness (QED) is 0.484. The van der Waals surface area contributed by atoms with E-state index in [-0.39, 0.29) is 13.0 Å². The summed E-state index contributed by atoms with van der Waals surface area (Å²) in [4.78, 5) is 23.1. The Balaban J connectivity index is 2.80. The number of alkyl halides is 1. The Bertz CT molecular complexity index is 637. The number of hydrogen-bond donors (Lipinski definition) is 4. The summed E-state index contributed by atoms with van der Waals surface area (Å²) in [6.45, 7) is 6.09. The van der Waals surface area contributed by atoms with E-state index < -0.39 is 42.0 Å². The van der Waals surface area contributed by atoms with Crippen molar-refractivity contribution in [1.29, 1.82) is 0 Å². The maximum absolute atomic E-state index is 13.1. The summed E-state index contributed by atoms with van der Waals surface area (Å²) in [5, 5.41) is 23.8. The first kappa shape index (κ1) is 23.7. The lowest BCUT2D eigenvalue weighted by Crippen LogP contribution is -2.51. The average molecular weight is 398 g/mol.